The van der Waals surface area contributed by atoms with Crippen LogP contribution < -0.4 is 5.73 Å². The van der Waals surface area contributed by atoms with Crippen molar-refractivity contribution in [2.75, 3.05) is 5.73 Å². The van der Waals surface area contributed by atoms with Gasteiger partial charge in [0.25, 0.3) is 0 Å². The predicted octanol–water partition coefficient (Wildman–Crippen LogP) is 3.71. The van der Waals surface area contributed by atoms with Gasteiger partial charge in [-0.1, -0.05) is 46.3 Å². The van der Waals surface area contributed by atoms with E-state index in [-0.39, 0.29) is 12.6 Å². The molecule has 0 bridgehead atoms. The Bertz CT molecular complexity index is 599. The molecule has 104 valence electrons. The molecule has 2 rings (SSSR count). The highest BCUT2D eigenvalue weighted by Crippen LogP contribution is 2.17. The highest BCUT2D eigenvalue weighted by Gasteiger charge is 2.06. The van der Waals surface area contributed by atoms with Gasteiger partial charge in [-0.05, 0) is 30.2 Å². The van der Waals surface area contributed by atoms with Crippen LogP contribution in [0.5, 0.6) is 0 Å². The number of esters is 1. The molecule has 0 aromatic heterocycles. The third kappa shape index (κ3) is 4.38. The number of carbonyl (C=O) groups excluding carboxylic acids is 1. The highest BCUT2D eigenvalue weighted by molar-refractivity contribution is 9.10. The third-order valence-corrected chi connectivity index (χ3v) is 3.69. The van der Waals surface area contributed by atoms with Crippen LogP contribution in [-0.4, -0.2) is 5.97 Å². The van der Waals surface area contributed by atoms with E-state index in [1.54, 1.807) is 0 Å². The Labute approximate surface area is 126 Å². The lowest BCUT2D eigenvalue weighted by Gasteiger charge is -2.07. The van der Waals surface area contributed by atoms with Crippen LogP contribution in [0.4, 0.5) is 5.69 Å². The van der Waals surface area contributed by atoms with Gasteiger partial charge < -0.3 is 10.5 Å². The molecule has 3 nitrogen and oxygen atoms in total. The number of halogens is 1. The molecule has 2 aromatic rings. The zero-order chi connectivity index (χ0) is 14.4. The van der Waals surface area contributed by atoms with Crippen LogP contribution in [-0.2, 0) is 22.6 Å². The topological polar surface area (TPSA) is 52.3 Å². The molecule has 0 spiro atoms. The maximum Gasteiger partial charge on any atom is 0.306 e. The van der Waals surface area contributed by atoms with Crippen molar-refractivity contribution in [3.8, 4) is 0 Å². The van der Waals surface area contributed by atoms with Crippen molar-refractivity contribution in [3.63, 3.8) is 0 Å². The lowest BCUT2D eigenvalue weighted by atomic mass is 10.1. The van der Waals surface area contributed by atoms with Gasteiger partial charge in [0.15, 0.2) is 0 Å². The first-order valence-corrected chi connectivity index (χ1v) is 7.18. The van der Waals surface area contributed by atoms with E-state index in [1.807, 2.05) is 48.5 Å². The summed E-state index contributed by atoms with van der Waals surface area (Å²) in [6.45, 7) is 0.289. The second kappa shape index (κ2) is 7.10. The second-order valence-corrected chi connectivity index (χ2v) is 5.35. The summed E-state index contributed by atoms with van der Waals surface area (Å²) in [7, 11) is 0. The minimum Gasteiger partial charge on any atom is -0.461 e. The summed E-state index contributed by atoms with van der Waals surface area (Å²) in [5, 5.41) is 0. The molecule has 0 unspecified atom stereocenters. The molecule has 0 atom stereocenters. The average Bonchev–Trinajstić information content (AvgIpc) is 2.44. The first-order chi connectivity index (χ1) is 9.65. The SMILES string of the molecule is Nc1cccc(CCC(=O)OCc2ccccc2Br)c1. The third-order valence-electron chi connectivity index (χ3n) is 2.92. The molecular formula is C16H16BrNO2. The Hall–Kier alpha value is -1.81. The first kappa shape index (κ1) is 14.6. The predicted molar refractivity (Wildman–Crippen MR) is 83.1 cm³/mol. The van der Waals surface area contributed by atoms with Gasteiger partial charge in [0.2, 0.25) is 0 Å². The summed E-state index contributed by atoms with van der Waals surface area (Å²) in [5.41, 5.74) is 8.41. The monoisotopic (exact) mass is 333 g/mol. The van der Waals surface area contributed by atoms with Gasteiger partial charge in [-0.2, -0.15) is 0 Å². The molecule has 0 fully saturated rings. The largest absolute Gasteiger partial charge is 0.461 e. The van der Waals surface area contributed by atoms with E-state index in [4.69, 9.17) is 10.5 Å². The molecule has 0 heterocycles. The minimum atomic E-state index is -0.205. The molecule has 0 aliphatic rings. The molecule has 2 aromatic carbocycles. The van der Waals surface area contributed by atoms with Gasteiger partial charge in [-0.3, -0.25) is 4.79 Å². The molecule has 0 amide bonds. The maximum absolute atomic E-state index is 11.7. The summed E-state index contributed by atoms with van der Waals surface area (Å²) in [6.07, 6.45) is 0.994. The van der Waals surface area contributed by atoms with Crippen molar-refractivity contribution in [1.29, 1.82) is 0 Å². The fourth-order valence-electron chi connectivity index (χ4n) is 1.84. The standard InChI is InChI=1S/C16H16BrNO2/c17-15-7-2-1-5-13(15)11-20-16(19)9-8-12-4-3-6-14(18)10-12/h1-7,10H,8-9,11,18H2. The molecule has 20 heavy (non-hydrogen) atoms. The number of hydrogen-bond donors (Lipinski definition) is 1. The van der Waals surface area contributed by atoms with Crippen LogP contribution in [0.15, 0.2) is 53.0 Å². The van der Waals surface area contributed by atoms with E-state index >= 15 is 0 Å². The van der Waals surface area contributed by atoms with Crippen LogP contribution in [0.1, 0.15) is 17.5 Å². The smallest absolute Gasteiger partial charge is 0.306 e. The number of nitrogens with two attached hydrogens (primary N) is 1. The van der Waals surface area contributed by atoms with Crippen molar-refractivity contribution < 1.29 is 9.53 Å². The Morgan fingerprint density at radius 3 is 2.70 bits per heavy atom. The van der Waals surface area contributed by atoms with Crippen molar-refractivity contribution in [2.24, 2.45) is 0 Å². The number of benzene rings is 2. The van der Waals surface area contributed by atoms with E-state index in [0.29, 0.717) is 18.5 Å². The number of ether oxygens (including phenoxy) is 1. The first-order valence-electron chi connectivity index (χ1n) is 6.38. The molecule has 0 aliphatic heterocycles. The Balaban J connectivity index is 1.80. The van der Waals surface area contributed by atoms with Gasteiger partial charge in [-0.15, -0.1) is 0 Å². The minimum absolute atomic E-state index is 0.205. The molecular weight excluding hydrogens is 318 g/mol. The Morgan fingerprint density at radius 2 is 1.95 bits per heavy atom. The van der Waals surface area contributed by atoms with Crippen LogP contribution in [0, 0.1) is 0 Å². The zero-order valence-corrected chi connectivity index (χ0v) is 12.6. The molecule has 4 heteroatoms. The van der Waals surface area contributed by atoms with Gasteiger partial charge >= 0.3 is 5.97 Å². The Morgan fingerprint density at radius 1 is 1.15 bits per heavy atom. The summed E-state index contributed by atoms with van der Waals surface area (Å²) in [6, 6.07) is 15.2. The Kier molecular flexibility index (Phi) is 5.18. The van der Waals surface area contributed by atoms with Crippen molar-refractivity contribution in [2.45, 2.75) is 19.4 Å². The number of hydrogen-bond acceptors (Lipinski definition) is 3. The van der Waals surface area contributed by atoms with Crippen LogP contribution >= 0.6 is 15.9 Å². The van der Waals surface area contributed by atoms with E-state index in [2.05, 4.69) is 15.9 Å². The number of anilines is 1. The van der Waals surface area contributed by atoms with Gasteiger partial charge in [0.05, 0.1) is 0 Å². The van der Waals surface area contributed by atoms with E-state index in [0.717, 1.165) is 15.6 Å². The number of carbonyl (C=O) groups is 1. The fraction of sp³-hybridized carbons (Fsp3) is 0.188. The van der Waals surface area contributed by atoms with E-state index in [9.17, 15) is 4.79 Å². The summed E-state index contributed by atoms with van der Waals surface area (Å²) in [5.74, 6) is -0.205. The quantitative estimate of drug-likeness (QED) is 0.670. The van der Waals surface area contributed by atoms with E-state index in [1.165, 1.54) is 0 Å². The summed E-state index contributed by atoms with van der Waals surface area (Å²) >= 11 is 3.42. The van der Waals surface area contributed by atoms with Crippen molar-refractivity contribution in [3.05, 3.63) is 64.1 Å². The lowest BCUT2D eigenvalue weighted by molar-refractivity contribution is -0.144. The summed E-state index contributed by atoms with van der Waals surface area (Å²) in [4.78, 5) is 11.7. The number of nitrogen functional groups attached to an aromatic ring is 1. The molecule has 0 saturated carbocycles. The van der Waals surface area contributed by atoms with Gasteiger partial charge in [0, 0.05) is 22.1 Å². The maximum atomic E-state index is 11.7. The molecule has 0 aliphatic carbocycles. The normalized spacial score (nSPS) is 10.2. The highest BCUT2D eigenvalue weighted by atomic mass is 79.9. The van der Waals surface area contributed by atoms with Gasteiger partial charge in [0.1, 0.15) is 6.61 Å². The lowest BCUT2D eigenvalue weighted by Crippen LogP contribution is -2.06. The zero-order valence-electron chi connectivity index (χ0n) is 11.0. The second-order valence-electron chi connectivity index (χ2n) is 4.50. The van der Waals surface area contributed by atoms with Gasteiger partial charge in [-0.25, -0.2) is 0 Å². The molecule has 0 radical (unpaired) electrons. The summed E-state index contributed by atoms with van der Waals surface area (Å²) < 4.78 is 6.21. The van der Waals surface area contributed by atoms with Crippen LogP contribution in [0.3, 0.4) is 0 Å². The van der Waals surface area contributed by atoms with Crippen LogP contribution in [0.25, 0.3) is 0 Å². The van der Waals surface area contributed by atoms with Crippen molar-refractivity contribution >= 4 is 27.6 Å². The van der Waals surface area contributed by atoms with Crippen molar-refractivity contribution in [1.82, 2.24) is 0 Å². The number of aryl methyl sites for hydroxylation is 1. The van der Waals surface area contributed by atoms with Crippen LogP contribution in [0.2, 0.25) is 0 Å². The average molecular weight is 334 g/mol. The molecule has 2 N–H and O–H groups in total. The number of rotatable bonds is 5. The van der Waals surface area contributed by atoms with E-state index < -0.39 is 0 Å². The fourth-order valence-corrected chi connectivity index (χ4v) is 2.24. The molecule has 0 saturated heterocycles.